The van der Waals surface area contributed by atoms with Crippen LogP contribution >= 0.6 is 11.8 Å². The number of carbonyl (C=O) groups is 2. The zero-order chi connectivity index (χ0) is 18.8. The van der Waals surface area contributed by atoms with E-state index < -0.39 is 0 Å². The van der Waals surface area contributed by atoms with Crippen molar-refractivity contribution in [3.63, 3.8) is 0 Å². The van der Waals surface area contributed by atoms with Crippen LogP contribution in [0.2, 0.25) is 0 Å². The Hall–Kier alpha value is -2.86. The van der Waals surface area contributed by atoms with Gasteiger partial charge in [0.1, 0.15) is 0 Å². The van der Waals surface area contributed by atoms with Crippen LogP contribution in [0.3, 0.4) is 0 Å². The van der Waals surface area contributed by atoms with Crippen LogP contribution in [0.5, 0.6) is 0 Å². The first kappa shape index (κ1) is 17.5. The molecule has 0 N–H and O–H groups in total. The Morgan fingerprint density at radius 2 is 1.56 bits per heavy atom. The number of hydrogen-bond acceptors (Lipinski definition) is 4. The van der Waals surface area contributed by atoms with Crippen LogP contribution < -0.4 is 0 Å². The van der Waals surface area contributed by atoms with Gasteiger partial charge in [0.2, 0.25) is 0 Å². The second kappa shape index (κ2) is 7.40. The maximum absolute atomic E-state index is 12.4. The van der Waals surface area contributed by atoms with Crippen LogP contribution in [0.25, 0.3) is 11.3 Å². The average molecular weight is 377 g/mol. The Balaban J connectivity index is 1.35. The van der Waals surface area contributed by atoms with E-state index in [0.717, 1.165) is 28.6 Å². The van der Waals surface area contributed by atoms with Gasteiger partial charge in [-0.25, -0.2) is 4.98 Å². The van der Waals surface area contributed by atoms with E-state index in [1.807, 2.05) is 31.4 Å². The van der Waals surface area contributed by atoms with Crippen molar-refractivity contribution < 1.29 is 9.59 Å². The summed E-state index contributed by atoms with van der Waals surface area (Å²) in [6.07, 6.45) is 2.60. The smallest absolute Gasteiger partial charge is 0.261 e. The summed E-state index contributed by atoms with van der Waals surface area (Å²) in [5.41, 5.74) is 3.21. The molecular formula is C21H19N3O2S. The van der Waals surface area contributed by atoms with E-state index in [1.165, 1.54) is 4.90 Å². The first-order chi connectivity index (χ1) is 13.2. The second-order valence-corrected chi connectivity index (χ2v) is 7.42. The molecule has 4 rings (SSSR count). The Labute approximate surface area is 162 Å². The number of fused-ring (bicyclic) bond motifs is 1. The van der Waals surface area contributed by atoms with Crippen LogP contribution in [0, 0.1) is 0 Å². The lowest BCUT2D eigenvalue weighted by Crippen LogP contribution is -2.31. The highest BCUT2D eigenvalue weighted by Gasteiger charge is 2.34. The Kier molecular flexibility index (Phi) is 4.81. The van der Waals surface area contributed by atoms with E-state index in [1.54, 1.807) is 36.0 Å². The van der Waals surface area contributed by atoms with E-state index in [9.17, 15) is 9.59 Å². The standard InChI is InChI=1S/C21H19N3O2S/c1-23-18(15-8-3-2-4-9-15)14-22-21(23)27-13-7-12-24-19(25)16-10-5-6-11-17(16)20(24)26/h2-6,8-11,14H,7,12-13H2,1H3. The minimum absolute atomic E-state index is 0.191. The summed E-state index contributed by atoms with van der Waals surface area (Å²) in [4.78, 5) is 30.6. The quantitative estimate of drug-likeness (QED) is 0.372. The van der Waals surface area contributed by atoms with Crippen molar-refractivity contribution in [2.24, 2.45) is 7.05 Å². The molecule has 0 unspecified atom stereocenters. The summed E-state index contributed by atoms with van der Waals surface area (Å²) in [5.74, 6) is 0.403. The van der Waals surface area contributed by atoms with Gasteiger partial charge in [0.05, 0.1) is 23.0 Å². The van der Waals surface area contributed by atoms with Gasteiger partial charge in [-0.15, -0.1) is 0 Å². The number of imide groups is 1. The maximum Gasteiger partial charge on any atom is 0.261 e. The summed E-state index contributed by atoms with van der Waals surface area (Å²) in [7, 11) is 2.00. The molecule has 0 saturated heterocycles. The zero-order valence-corrected chi connectivity index (χ0v) is 15.8. The van der Waals surface area contributed by atoms with Gasteiger partial charge in [0.15, 0.2) is 5.16 Å². The molecule has 0 bridgehead atoms. The molecule has 0 atom stereocenters. The van der Waals surface area contributed by atoms with Gasteiger partial charge in [-0.1, -0.05) is 54.2 Å². The third kappa shape index (κ3) is 3.28. The van der Waals surface area contributed by atoms with E-state index in [0.29, 0.717) is 17.7 Å². The number of carbonyl (C=O) groups excluding carboxylic acids is 2. The van der Waals surface area contributed by atoms with Gasteiger partial charge in [0.25, 0.3) is 11.8 Å². The fourth-order valence-electron chi connectivity index (χ4n) is 3.23. The van der Waals surface area contributed by atoms with E-state index in [2.05, 4.69) is 21.7 Å². The molecule has 136 valence electrons. The Bertz CT molecular complexity index is 963. The second-order valence-electron chi connectivity index (χ2n) is 6.36. The van der Waals surface area contributed by atoms with Gasteiger partial charge in [-0.05, 0) is 24.1 Å². The summed E-state index contributed by atoms with van der Waals surface area (Å²) in [6, 6.07) is 17.1. The highest BCUT2D eigenvalue weighted by atomic mass is 32.2. The fraction of sp³-hybridized carbons (Fsp3) is 0.190. The topological polar surface area (TPSA) is 55.2 Å². The first-order valence-electron chi connectivity index (χ1n) is 8.82. The van der Waals surface area contributed by atoms with Crippen LogP contribution in [-0.2, 0) is 7.05 Å². The van der Waals surface area contributed by atoms with E-state index in [4.69, 9.17) is 0 Å². The molecule has 1 aliphatic heterocycles. The Morgan fingerprint density at radius 3 is 2.22 bits per heavy atom. The average Bonchev–Trinajstić information content (AvgIpc) is 3.18. The fourth-order valence-corrected chi connectivity index (χ4v) is 4.11. The molecule has 1 aromatic heterocycles. The highest BCUT2D eigenvalue weighted by molar-refractivity contribution is 7.99. The van der Waals surface area contributed by atoms with Crippen molar-refractivity contribution in [1.82, 2.24) is 14.5 Å². The van der Waals surface area contributed by atoms with Gasteiger partial charge >= 0.3 is 0 Å². The number of imidazole rings is 1. The van der Waals surface area contributed by atoms with E-state index in [-0.39, 0.29) is 11.8 Å². The number of hydrogen-bond donors (Lipinski definition) is 0. The normalized spacial score (nSPS) is 13.3. The molecule has 1 aliphatic rings. The summed E-state index contributed by atoms with van der Waals surface area (Å²) >= 11 is 1.63. The molecule has 2 aromatic carbocycles. The predicted octanol–water partition coefficient (Wildman–Crippen LogP) is 3.87. The maximum atomic E-state index is 12.4. The zero-order valence-electron chi connectivity index (χ0n) is 15.0. The molecule has 0 fully saturated rings. The highest BCUT2D eigenvalue weighted by Crippen LogP contribution is 2.26. The third-order valence-corrected chi connectivity index (χ3v) is 5.78. The van der Waals surface area contributed by atoms with Crippen molar-refractivity contribution in [1.29, 1.82) is 0 Å². The summed E-state index contributed by atoms with van der Waals surface area (Å²) in [5, 5.41) is 0.927. The molecule has 0 aliphatic carbocycles. The van der Waals surface area contributed by atoms with Crippen LogP contribution in [-0.4, -0.2) is 38.6 Å². The van der Waals surface area contributed by atoms with Crippen molar-refractivity contribution in [2.75, 3.05) is 12.3 Å². The summed E-state index contributed by atoms with van der Waals surface area (Å²) in [6.45, 7) is 0.426. The minimum atomic E-state index is -0.191. The van der Waals surface area contributed by atoms with Crippen molar-refractivity contribution in [3.8, 4) is 11.3 Å². The number of rotatable bonds is 6. The van der Waals surface area contributed by atoms with Crippen LogP contribution in [0.15, 0.2) is 66.0 Å². The van der Waals surface area contributed by atoms with E-state index >= 15 is 0 Å². The number of nitrogens with zero attached hydrogens (tertiary/aromatic N) is 3. The van der Waals surface area contributed by atoms with Gasteiger partial charge in [-0.2, -0.15) is 0 Å². The first-order valence-corrected chi connectivity index (χ1v) is 9.80. The van der Waals surface area contributed by atoms with Crippen molar-refractivity contribution >= 4 is 23.6 Å². The molecule has 3 aromatic rings. The van der Waals surface area contributed by atoms with Gasteiger partial charge in [0, 0.05) is 19.3 Å². The number of thioether (sulfide) groups is 1. The molecule has 27 heavy (non-hydrogen) atoms. The van der Waals surface area contributed by atoms with Crippen LogP contribution in [0.1, 0.15) is 27.1 Å². The molecule has 2 heterocycles. The molecule has 5 nitrogen and oxygen atoms in total. The van der Waals surface area contributed by atoms with Crippen LogP contribution in [0.4, 0.5) is 0 Å². The molecule has 0 radical (unpaired) electrons. The largest absolute Gasteiger partial charge is 0.322 e. The predicted molar refractivity (Wildman–Crippen MR) is 106 cm³/mol. The third-order valence-electron chi connectivity index (χ3n) is 4.65. The molecule has 6 heteroatoms. The summed E-state index contributed by atoms with van der Waals surface area (Å²) < 4.78 is 2.07. The number of amides is 2. The van der Waals surface area contributed by atoms with Gasteiger partial charge in [-0.3, -0.25) is 14.5 Å². The lowest BCUT2D eigenvalue weighted by Gasteiger charge is -2.13. The lowest BCUT2D eigenvalue weighted by atomic mass is 10.1. The number of benzene rings is 2. The molecule has 0 saturated carbocycles. The monoisotopic (exact) mass is 377 g/mol. The van der Waals surface area contributed by atoms with Gasteiger partial charge < -0.3 is 4.57 Å². The van der Waals surface area contributed by atoms with Crippen molar-refractivity contribution in [3.05, 3.63) is 71.9 Å². The molecule has 0 spiro atoms. The SMILES string of the molecule is Cn1c(-c2ccccc2)cnc1SCCCN1C(=O)c2ccccc2C1=O. The number of aromatic nitrogens is 2. The molecular weight excluding hydrogens is 358 g/mol. The minimum Gasteiger partial charge on any atom is -0.322 e. The van der Waals surface area contributed by atoms with Crippen molar-refractivity contribution in [2.45, 2.75) is 11.6 Å². The lowest BCUT2D eigenvalue weighted by molar-refractivity contribution is 0.0655. The Morgan fingerprint density at radius 1 is 0.926 bits per heavy atom. The molecule has 2 amide bonds.